The van der Waals surface area contributed by atoms with E-state index in [1.54, 1.807) is 6.07 Å². The molecule has 1 unspecified atom stereocenters. The first-order valence-corrected chi connectivity index (χ1v) is 5.55. The number of halogens is 1. The molecule has 1 aliphatic rings. The van der Waals surface area contributed by atoms with Crippen molar-refractivity contribution in [1.82, 2.24) is 5.32 Å². The van der Waals surface area contributed by atoms with Crippen LogP contribution in [0.1, 0.15) is 18.9 Å². The first kappa shape index (κ1) is 10.4. The number of aryl methyl sites for hydroxylation is 1. The minimum Gasteiger partial charge on any atom is -0.381 e. The normalized spacial score (nSPS) is 19.5. The molecule has 15 heavy (non-hydrogen) atoms. The number of anilines is 1. The van der Waals surface area contributed by atoms with E-state index in [2.05, 4.69) is 17.6 Å². The Balaban J connectivity index is 2.05. The fourth-order valence-electron chi connectivity index (χ4n) is 1.99. The van der Waals surface area contributed by atoms with Gasteiger partial charge in [0.2, 0.25) is 0 Å². The maximum absolute atomic E-state index is 13.0. The van der Waals surface area contributed by atoms with Crippen LogP contribution in [-0.4, -0.2) is 19.1 Å². The van der Waals surface area contributed by atoms with Crippen molar-refractivity contribution in [2.24, 2.45) is 0 Å². The molecule has 0 amide bonds. The molecule has 0 fully saturated rings. The van der Waals surface area contributed by atoms with E-state index < -0.39 is 0 Å². The van der Waals surface area contributed by atoms with Crippen molar-refractivity contribution in [2.75, 3.05) is 18.4 Å². The number of nitrogens with one attached hydrogen (secondary N) is 2. The average molecular weight is 208 g/mol. The molecule has 1 heterocycles. The fourth-order valence-corrected chi connectivity index (χ4v) is 1.99. The number of hydrogen-bond donors (Lipinski definition) is 2. The second kappa shape index (κ2) is 4.62. The standard InChI is InChI=1S/C12H17FN2/c1-2-14-8-11-6-4-9-3-5-10(13)7-12(9)15-11/h3,5,7,11,14-15H,2,4,6,8H2,1H3. The van der Waals surface area contributed by atoms with Crippen LogP contribution in [0.25, 0.3) is 0 Å². The van der Waals surface area contributed by atoms with Crippen LogP contribution in [0.5, 0.6) is 0 Å². The lowest BCUT2D eigenvalue weighted by molar-refractivity contribution is 0.567. The molecule has 82 valence electrons. The molecular formula is C12H17FN2. The summed E-state index contributed by atoms with van der Waals surface area (Å²) in [6, 6.07) is 5.43. The molecular weight excluding hydrogens is 191 g/mol. The van der Waals surface area contributed by atoms with Crippen LogP contribution in [0.15, 0.2) is 18.2 Å². The van der Waals surface area contributed by atoms with Gasteiger partial charge in [0.05, 0.1) is 0 Å². The summed E-state index contributed by atoms with van der Waals surface area (Å²) in [6.07, 6.45) is 2.16. The van der Waals surface area contributed by atoms with Crippen molar-refractivity contribution in [3.63, 3.8) is 0 Å². The van der Waals surface area contributed by atoms with Gasteiger partial charge in [-0.05, 0) is 37.1 Å². The molecule has 0 aromatic heterocycles. The lowest BCUT2D eigenvalue weighted by Gasteiger charge is -2.27. The summed E-state index contributed by atoms with van der Waals surface area (Å²) in [5, 5.41) is 6.68. The molecule has 0 saturated carbocycles. The van der Waals surface area contributed by atoms with Crippen LogP contribution in [0.4, 0.5) is 10.1 Å². The van der Waals surface area contributed by atoms with Gasteiger partial charge in [-0.1, -0.05) is 13.0 Å². The van der Waals surface area contributed by atoms with Crippen LogP contribution in [-0.2, 0) is 6.42 Å². The Labute approximate surface area is 89.9 Å². The predicted octanol–water partition coefficient (Wildman–Crippen LogP) is 2.16. The highest BCUT2D eigenvalue weighted by molar-refractivity contribution is 5.54. The monoisotopic (exact) mass is 208 g/mol. The van der Waals surface area contributed by atoms with Crippen LogP contribution in [0.3, 0.4) is 0 Å². The number of hydrogen-bond acceptors (Lipinski definition) is 2. The van der Waals surface area contributed by atoms with Crippen LogP contribution in [0, 0.1) is 5.82 Å². The van der Waals surface area contributed by atoms with E-state index in [1.807, 2.05) is 6.07 Å². The Morgan fingerprint density at radius 1 is 1.53 bits per heavy atom. The Kier molecular flexibility index (Phi) is 3.21. The van der Waals surface area contributed by atoms with Gasteiger partial charge in [-0.15, -0.1) is 0 Å². The third-order valence-electron chi connectivity index (χ3n) is 2.83. The van der Waals surface area contributed by atoms with Crippen LogP contribution in [0.2, 0.25) is 0 Å². The topological polar surface area (TPSA) is 24.1 Å². The molecule has 1 aromatic carbocycles. The van der Waals surface area contributed by atoms with E-state index >= 15 is 0 Å². The molecule has 0 saturated heterocycles. The van der Waals surface area contributed by atoms with Crippen molar-refractivity contribution >= 4 is 5.69 Å². The highest BCUT2D eigenvalue weighted by atomic mass is 19.1. The Morgan fingerprint density at radius 3 is 3.20 bits per heavy atom. The van der Waals surface area contributed by atoms with Gasteiger partial charge in [0.25, 0.3) is 0 Å². The van der Waals surface area contributed by atoms with Gasteiger partial charge < -0.3 is 10.6 Å². The molecule has 3 heteroatoms. The Hall–Kier alpha value is -1.09. The molecule has 2 N–H and O–H groups in total. The fraction of sp³-hybridized carbons (Fsp3) is 0.500. The lowest BCUT2D eigenvalue weighted by Crippen LogP contribution is -2.35. The second-order valence-electron chi connectivity index (χ2n) is 3.99. The molecule has 1 aromatic rings. The molecule has 0 spiro atoms. The maximum atomic E-state index is 13.0. The maximum Gasteiger partial charge on any atom is 0.125 e. The molecule has 0 aliphatic carbocycles. The zero-order chi connectivity index (χ0) is 10.7. The van der Waals surface area contributed by atoms with Gasteiger partial charge in [0.1, 0.15) is 5.82 Å². The van der Waals surface area contributed by atoms with Gasteiger partial charge in [-0.3, -0.25) is 0 Å². The largest absolute Gasteiger partial charge is 0.381 e. The van der Waals surface area contributed by atoms with E-state index in [1.165, 1.54) is 11.6 Å². The SMILES string of the molecule is CCNCC1CCc2ccc(F)cc2N1. The van der Waals surface area contributed by atoms with Gasteiger partial charge in [0.15, 0.2) is 0 Å². The van der Waals surface area contributed by atoms with Crippen molar-refractivity contribution in [1.29, 1.82) is 0 Å². The van der Waals surface area contributed by atoms with Crippen LogP contribution >= 0.6 is 0 Å². The molecule has 2 rings (SSSR count). The van der Waals surface area contributed by atoms with E-state index in [9.17, 15) is 4.39 Å². The van der Waals surface area contributed by atoms with Crippen molar-refractivity contribution in [3.05, 3.63) is 29.6 Å². The molecule has 1 aliphatic heterocycles. The predicted molar refractivity (Wildman–Crippen MR) is 60.7 cm³/mol. The summed E-state index contributed by atoms with van der Waals surface area (Å²) >= 11 is 0. The zero-order valence-electron chi connectivity index (χ0n) is 9.02. The summed E-state index contributed by atoms with van der Waals surface area (Å²) in [4.78, 5) is 0. The van der Waals surface area contributed by atoms with Gasteiger partial charge >= 0.3 is 0 Å². The molecule has 1 atom stereocenters. The third kappa shape index (κ3) is 2.48. The van der Waals surface area contributed by atoms with Crippen LogP contribution < -0.4 is 10.6 Å². The van der Waals surface area contributed by atoms with Crippen molar-refractivity contribution < 1.29 is 4.39 Å². The second-order valence-corrected chi connectivity index (χ2v) is 3.99. The summed E-state index contributed by atoms with van der Waals surface area (Å²) in [6.45, 7) is 4.02. The number of rotatable bonds is 3. The van der Waals surface area contributed by atoms with Gasteiger partial charge in [-0.25, -0.2) is 4.39 Å². The minimum atomic E-state index is -0.162. The third-order valence-corrected chi connectivity index (χ3v) is 2.83. The summed E-state index contributed by atoms with van der Waals surface area (Å²) in [7, 11) is 0. The van der Waals surface area contributed by atoms with E-state index in [4.69, 9.17) is 0 Å². The number of fused-ring (bicyclic) bond motifs is 1. The van der Waals surface area contributed by atoms with Crippen molar-refractivity contribution in [3.8, 4) is 0 Å². The zero-order valence-corrected chi connectivity index (χ0v) is 9.02. The Morgan fingerprint density at radius 2 is 2.40 bits per heavy atom. The van der Waals surface area contributed by atoms with E-state index in [-0.39, 0.29) is 5.82 Å². The highest BCUT2D eigenvalue weighted by Gasteiger charge is 2.17. The van der Waals surface area contributed by atoms with E-state index in [0.29, 0.717) is 6.04 Å². The number of benzene rings is 1. The first-order chi connectivity index (χ1) is 7.29. The summed E-state index contributed by atoms with van der Waals surface area (Å²) in [5.74, 6) is -0.162. The van der Waals surface area contributed by atoms with Crippen molar-refractivity contribution in [2.45, 2.75) is 25.8 Å². The van der Waals surface area contributed by atoms with E-state index in [0.717, 1.165) is 31.6 Å². The average Bonchev–Trinajstić information content (AvgIpc) is 2.25. The Bertz CT molecular complexity index is 338. The summed E-state index contributed by atoms with van der Waals surface area (Å²) in [5.41, 5.74) is 2.19. The highest BCUT2D eigenvalue weighted by Crippen LogP contribution is 2.25. The van der Waals surface area contributed by atoms with Gasteiger partial charge in [-0.2, -0.15) is 0 Å². The molecule has 0 bridgehead atoms. The smallest absolute Gasteiger partial charge is 0.125 e. The number of likely N-dealkylation sites (N-methyl/N-ethyl adjacent to an activating group) is 1. The van der Waals surface area contributed by atoms with Gasteiger partial charge in [0, 0.05) is 18.3 Å². The first-order valence-electron chi connectivity index (χ1n) is 5.55. The summed E-state index contributed by atoms with van der Waals surface area (Å²) < 4.78 is 13.0. The minimum absolute atomic E-state index is 0.162. The lowest BCUT2D eigenvalue weighted by atomic mass is 9.98. The molecule has 2 nitrogen and oxygen atoms in total. The molecule has 0 radical (unpaired) electrons. The quantitative estimate of drug-likeness (QED) is 0.795.